The molecule has 8 heavy (non-hydrogen) atoms. The molecule has 0 aliphatic carbocycles. The second-order valence-corrected chi connectivity index (χ2v) is 0.577. The molecule has 0 saturated carbocycles. The molecule has 0 heterocycles. The van der Waals surface area contributed by atoms with Gasteiger partial charge in [-0.15, -0.1) is 0 Å². The Balaban J connectivity index is -0.0000000160. The van der Waals surface area contributed by atoms with E-state index in [2.05, 4.69) is 0 Å². The summed E-state index contributed by atoms with van der Waals surface area (Å²) < 4.78 is 33.8. The summed E-state index contributed by atoms with van der Waals surface area (Å²) in [7, 11) is 0. The molecule has 0 aliphatic heterocycles. The monoisotopic (exact) mass is 222 g/mol. The van der Waals surface area contributed by atoms with Gasteiger partial charge < -0.3 is 0 Å². The SMILES string of the molecule is [Ca+2].[O]=[Al][O-].[O]=[Al][O-].[Zn]. The molecule has 4 nitrogen and oxygen atoms in total. The molecule has 0 saturated heterocycles. The van der Waals surface area contributed by atoms with E-state index in [4.69, 9.17) is 15.9 Å². The van der Waals surface area contributed by atoms with Gasteiger partial charge in [-0.25, -0.2) is 0 Å². The van der Waals surface area contributed by atoms with Crippen molar-refractivity contribution in [3.63, 3.8) is 0 Å². The first-order valence-corrected chi connectivity index (χ1v) is 2.83. The summed E-state index contributed by atoms with van der Waals surface area (Å²) in [6.45, 7) is 0. The van der Waals surface area contributed by atoms with Gasteiger partial charge in [0.05, 0.1) is 0 Å². The van der Waals surface area contributed by atoms with Crippen LogP contribution in [-0.2, 0) is 27.1 Å². The van der Waals surface area contributed by atoms with Crippen molar-refractivity contribution in [2.75, 3.05) is 0 Å². The number of hydrogen-bond acceptors (Lipinski definition) is 4. The maximum Gasteiger partial charge on any atom is 0 e. The van der Waals surface area contributed by atoms with Crippen molar-refractivity contribution in [2.24, 2.45) is 0 Å². The van der Waals surface area contributed by atoms with Crippen LogP contribution in [0.4, 0.5) is 0 Å². The minimum atomic E-state index is -1.75. The van der Waals surface area contributed by atoms with Gasteiger partial charge in [0.2, 0.25) is 0 Å². The first kappa shape index (κ1) is 22.5. The summed E-state index contributed by atoms with van der Waals surface area (Å²) in [4.78, 5) is 0. The predicted molar refractivity (Wildman–Crippen MR) is 18.6 cm³/mol. The summed E-state index contributed by atoms with van der Waals surface area (Å²) in [6, 6.07) is 0. The van der Waals surface area contributed by atoms with Gasteiger partial charge in [0.25, 0.3) is 0 Å². The van der Waals surface area contributed by atoms with Gasteiger partial charge in [0, 0.05) is 19.5 Å². The Hall–Kier alpha value is 2.15. The third-order valence-corrected chi connectivity index (χ3v) is 0. The summed E-state index contributed by atoms with van der Waals surface area (Å²) in [6.07, 6.45) is 0. The van der Waals surface area contributed by atoms with Crippen LogP contribution in [-0.4, -0.2) is 68.7 Å². The van der Waals surface area contributed by atoms with E-state index in [0.29, 0.717) is 0 Å². The molecule has 0 spiro atoms. The topological polar surface area (TPSA) is 80.3 Å². The zero-order chi connectivity index (χ0) is 5.41. The summed E-state index contributed by atoms with van der Waals surface area (Å²) in [5.74, 6) is 0. The van der Waals surface area contributed by atoms with Crippen LogP contribution < -0.4 is 8.32 Å². The Morgan fingerprint density at radius 3 is 1.00 bits per heavy atom. The molecule has 8 heteroatoms. The molecule has 0 bridgehead atoms. The van der Waals surface area contributed by atoms with E-state index < -0.39 is 31.0 Å². The van der Waals surface area contributed by atoms with Crippen molar-refractivity contribution >= 4 is 68.7 Å². The molecule has 0 aliphatic rings. The molecule has 0 aromatic rings. The van der Waals surface area contributed by atoms with E-state index in [1.54, 1.807) is 0 Å². The zero-order valence-electron chi connectivity index (χ0n) is 4.20. The predicted octanol–water partition coefficient (Wildman–Crippen LogP) is -3.76. The van der Waals surface area contributed by atoms with Gasteiger partial charge in [-0.3, -0.25) is 0 Å². The molecule has 0 unspecified atom stereocenters. The fourth-order valence-electron chi connectivity index (χ4n) is 0. The van der Waals surface area contributed by atoms with Crippen LogP contribution in [0.3, 0.4) is 0 Å². The summed E-state index contributed by atoms with van der Waals surface area (Å²) >= 11 is -3.50. The minimum Gasteiger partial charge on any atom is 0 e. The molecule has 0 fully saturated rings. The Bertz CT molecular complexity index is 35.0. The summed E-state index contributed by atoms with van der Waals surface area (Å²) in [5, 5.41) is 0. The van der Waals surface area contributed by atoms with E-state index in [-0.39, 0.29) is 57.2 Å². The van der Waals surface area contributed by atoms with Gasteiger partial charge in [-0.05, 0) is 0 Å². The molecule has 34 valence electrons. The van der Waals surface area contributed by atoms with E-state index in [1.807, 2.05) is 0 Å². The molecule has 0 aromatic heterocycles. The second-order valence-electron chi connectivity index (χ2n) is 0.192. The maximum atomic E-state index is 8.46. The standard InChI is InChI=1S/2Al.Ca.4O.Zn/q;;+2;;;2*-1;. The van der Waals surface area contributed by atoms with Crippen LogP contribution in [0.25, 0.3) is 0 Å². The fraction of sp³-hybridized carbons (Fsp3) is 0. The van der Waals surface area contributed by atoms with Gasteiger partial charge in [-0.1, -0.05) is 0 Å². The van der Waals surface area contributed by atoms with Crippen LogP contribution in [0.2, 0.25) is 0 Å². The van der Waals surface area contributed by atoms with Crippen LogP contribution in [0.15, 0.2) is 0 Å². The molecule has 0 radical (unpaired) electrons. The minimum absolute atomic E-state index is 0. The van der Waals surface area contributed by atoms with E-state index in [0.717, 1.165) is 0 Å². The third-order valence-electron chi connectivity index (χ3n) is 0. The van der Waals surface area contributed by atoms with Crippen LogP contribution in [0.5, 0.6) is 0 Å². The van der Waals surface area contributed by atoms with Gasteiger partial charge in [-0.2, -0.15) is 0 Å². The van der Waals surface area contributed by atoms with Crippen molar-refractivity contribution < 1.29 is 35.4 Å². The molecule has 0 atom stereocenters. The Labute approximate surface area is 102 Å². The largest absolute Gasteiger partial charge is 0 e. The zero-order valence-corrected chi connectivity index (χ0v) is 11.7. The van der Waals surface area contributed by atoms with Crippen molar-refractivity contribution in [1.82, 2.24) is 0 Å². The Morgan fingerprint density at radius 2 is 1.00 bits per heavy atom. The molecule has 0 aromatic carbocycles. The van der Waals surface area contributed by atoms with E-state index >= 15 is 0 Å². The molecule has 0 rings (SSSR count). The smallest absolute Gasteiger partial charge is 0 e. The molecule has 0 amide bonds. The van der Waals surface area contributed by atoms with Crippen LogP contribution in [0, 0.1) is 0 Å². The molecular weight excluding hydrogens is 223 g/mol. The molecular formula is Al2CaO4Zn. The van der Waals surface area contributed by atoms with Crippen LogP contribution in [0.1, 0.15) is 0 Å². The quantitative estimate of drug-likeness (QED) is 0.395. The first-order valence-electron chi connectivity index (χ1n) is 0.943. The number of rotatable bonds is 0. The normalized spacial score (nSPS) is 2.00. The van der Waals surface area contributed by atoms with Gasteiger partial charge >= 0.3 is 84.6 Å². The molecule has 0 N–H and O–H groups in total. The fourth-order valence-corrected chi connectivity index (χ4v) is 0. The van der Waals surface area contributed by atoms with E-state index in [1.165, 1.54) is 0 Å². The van der Waals surface area contributed by atoms with Crippen molar-refractivity contribution in [1.29, 1.82) is 0 Å². The van der Waals surface area contributed by atoms with Crippen LogP contribution >= 0.6 is 0 Å². The maximum absolute atomic E-state index is 8.46. The van der Waals surface area contributed by atoms with E-state index in [9.17, 15) is 0 Å². The number of hydrogen-bond donors (Lipinski definition) is 0. The van der Waals surface area contributed by atoms with Gasteiger partial charge in [0.15, 0.2) is 0 Å². The first-order chi connectivity index (χ1) is 2.83. The Morgan fingerprint density at radius 1 is 1.00 bits per heavy atom. The average molecular weight is 223 g/mol. The van der Waals surface area contributed by atoms with Crippen molar-refractivity contribution in [3.05, 3.63) is 0 Å². The third kappa shape index (κ3) is 90.2. The second kappa shape index (κ2) is 35.3. The van der Waals surface area contributed by atoms with Crippen molar-refractivity contribution in [3.8, 4) is 0 Å². The average Bonchev–Trinajstić information content (AvgIpc) is 1.39. The van der Waals surface area contributed by atoms with Gasteiger partial charge in [0.1, 0.15) is 0 Å². The van der Waals surface area contributed by atoms with Crippen molar-refractivity contribution in [2.45, 2.75) is 0 Å². The Kier molecular flexibility index (Phi) is 99.1. The summed E-state index contributed by atoms with van der Waals surface area (Å²) in [5.41, 5.74) is 0.